The van der Waals surface area contributed by atoms with Crippen LogP contribution in [0.5, 0.6) is 0 Å². The van der Waals surface area contributed by atoms with Crippen molar-refractivity contribution in [3.63, 3.8) is 0 Å². The molecule has 7 nitrogen and oxygen atoms in total. The highest BCUT2D eigenvalue weighted by atomic mass is 16.6. The molecule has 0 heterocycles. The summed E-state index contributed by atoms with van der Waals surface area (Å²) in [6.07, 6.45) is 0. The number of hydrogen-bond acceptors (Lipinski definition) is 5. The first kappa shape index (κ1) is 13.6. The van der Waals surface area contributed by atoms with Gasteiger partial charge in [-0.3, -0.25) is 19.7 Å². The van der Waals surface area contributed by atoms with Crippen LogP contribution in [0.2, 0.25) is 0 Å². The van der Waals surface area contributed by atoms with Crippen LogP contribution >= 0.6 is 0 Å². The number of carboxylic acids is 1. The number of ketones is 2. The van der Waals surface area contributed by atoms with E-state index in [4.69, 9.17) is 0 Å². The summed E-state index contributed by atoms with van der Waals surface area (Å²) in [5, 5.41) is 20.3. The van der Waals surface area contributed by atoms with Gasteiger partial charge in [0.15, 0.2) is 5.78 Å². The Morgan fingerprint density at radius 3 is 2.00 bits per heavy atom. The third-order valence-electron chi connectivity index (χ3n) is 3.48. The van der Waals surface area contributed by atoms with E-state index in [9.17, 15) is 29.6 Å². The molecule has 0 spiro atoms. The van der Waals surface area contributed by atoms with Crippen molar-refractivity contribution in [1.29, 1.82) is 0 Å². The fraction of sp³-hybridized carbons (Fsp3) is 0. The van der Waals surface area contributed by atoms with Crippen molar-refractivity contribution in [2.24, 2.45) is 0 Å². The third-order valence-corrected chi connectivity index (χ3v) is 3.48. The maximum absolute atomic E-state index is 12.5. The Morgan fingerprint density at radius 2 is 1.50 bits per heavy atom. The predicted octanol–water partition coefficient (Wildman–Crippen LogP) is 2.07. The number of rotatable bonds is 2. The van der Waals surface area contributed by atoms with Crippen LogP contribution < -0.4 is 0 Å². The molecule has 0 radical (unpaired) electrons. The van der Waals surface area contributed by atoms with E-state index in [1.54, 1.807) is 0 Å². The number of aromatic carboxylic acids is 1. The summed E-state index contributed by atoms with van der Waals surface area (Å²) in [7, 11) is 0. The topological polar surface area (TPSA) is 115 Å². The largest absolute Gasteiger partial charge is 0.478 e. The standard InChI is InChI=1S/C15H7NO6/c17-13-7-3-1-2-4-8(7)14(18)12-10(16(21)22)6-5-9(11(12)13)15(19)20/h1-6H,(H,19,20). The van der Waals surface area contributed by atoms with Crippen LogP contribution in [0.4, 0.5) is 5.69 Å². The van der Waals surface area contributed by atoms with E-state index in [2.05, 4.69) is 0 Å². The van der Waals surface area contributed by atoms with E-state index in [0.29, 0.717) is 0 Å². The molecule has 108 valence electrons. The lowest BCUT2D eigenvalue weighted by Crippen LogP contribution is -2.25. The zero-order chi connectivity index (χ0) is 16.0. The van der Waals surface area contributed by atoms with Crippen LogP contribution in [0.25, 0.3) is 0 Å². The Kier molecular flexibility index (Phi) is 2.84. The summed E-state index contributed by atoms with van der Waals surface area (Å²) in [4.78, 5) is 46.6. The molecule has 1 N–H and O–H groups in total. The molecule has 22 heavy (non-hydrogen) atoms. The van der Waals surface area contributed by atoms with Crippen LogP contribution in [0.1, 0.15) is 42.2 Å². The lowest BCUT2D eigenvalue weighted by molar-refractivity contribution is -0.385. The molecule has 0 aliphatic heterocycles. The number of fused-ring (bicyclic) bond motifs is 2. The smallest absolute Gasteiger partial charge is 0.336 e. The van der Waals surface area contributed by atoms with Gasteiger partial charge >= 0.3 is 5.97 Å². The first-order valence-corrected chi connectivity index (χ1v) is 6.16. The molecule has 1 aliphatic rings. The summed E-state index contributed by atoms with van der Waals surface area (Å²) in [6, 6.07) is 7.74. The van der Waals surface area contributed by atoms with Crippen LogP contribution in [-0.4, -0.2) is 27.6 Å². The first-order valence-electron chi connectivity index (χ1n) is 6.16. The summed E-state index contributed by atoms with van der Waals surface area (Å²) in [5.74, 6) is -2.85. The Bertz CT molecular complexity index is 812. The van der Waals surface area contributed by atoms with E-state index in [0.717, 1.165) is 12.1 Å². The van der Waals surface area contributed by atoms with Gasteiger partial charge in [-0.15, -0.1) is 0 Å². The number of hydrogen-bond donors (Lipinski definition) is 1. The summed E-state index contributed by atoms with van der Waals surface area (Å²) >= 11 is 0. The first-order chi connectivity index (χ1) is 10.4. The molecule has 0 amide bonds. The van der Waals surface area contributed by atoms with Gasteiger partial charge in [-0.05, 0) is 6.07 Å². The van der Waals surface area contributed by atoms with Crippen LogP contribution in [-0.2, 0) is 0 Å². The second-order valence-corrected chi connectivity index (χ2v) is 4.65. The van der Waals surface area contributed by atoms with Gasteiger partial charge in [0.05, 0.1) is 16.1 Å². The van der Waals surface area contributed by atoms with Gasteiger partial charge in [-0.25, -0.2) is 4.79 Å². The Labute approximate surface area is 123 Å². The van der Waals surface area contributed by atoms with Gasteiger partial charge < -0.3 is 5.11 Å². The molecule has 3 rings (SSSR count). The van der Waals surface area contributed by atoms with Crippen molar-refractivity contribution in [1.82, 2.24) is 0 Å². The fourth-order valence-electron chi connectivity index (χ4n) is 2.54. The molecule has 2 aromatic carbocycles. The molecule has 0 aromatic heterocycles. The Morgan fingerprint density at radius 1 is 0.955 bits per heavy atom. The molecule has 0 bridgehead atoms. The SMILES string of the molecule is O=C(O)c1ccc([N+](=O)[O-])c2c1C(=O)c1ccccc1C2=O. The number of nitrogens with zero attached hydrogens (tertiary/aromatic N) is 1. The second-order valence-electron chi connectivity index (χ2n) is 4.65. The van der Waals surface area contributed by atoms with Crippen molar-refractivity contribution in [3.8, 4) is 0 Å². The molecule has 0 atom stereocenters. The Balaban J connectivity index is 2.44. The van der Waals surface area contributed by atoms with Gasteiger partial charge in [-0.1, -0.05) is 24.3 Å². The fourth-order valence-corrected chi connectivity index (χ4v) is 2.54. The number of benzene rings is 2. The van der Waals surface area contributed by atoms with Crippen LogP contribution in [0, 0.1) is 10.1 Å². The minimum Gasteiger partial charge on any atom is -0.478 e. The number of carboxylic acid groups (broad SMARTS) is 1. The van der Waals surface area contributed by atoms with Gasteiger partial charge in [0.1, 0.15) is 5.56 Å². The van der Waals surface area contributed by atoms with E-state index in [1.165, 1.54) is 24.3 Å². The molecule has 0 saturated carbocycles. The summed E-state index contributed by atoms with van der Waals surface area (Å²) < 4.78 is 0. The zero-order valence-corrected chi connectivity index (χ0v) is 10.9. The van der Waals surface area contributed by atoms with Gasteiger partial charge in [-0.2, -0.15) is 0 Å². The average molecular weight is 297 g/mol. The van der Waals surface area contributed by atoms with Gasteiger partial charge in [0, 0.05) is 17.2 Å². The average Bonchev–Trinajstić information content (AvgIpc) is 2.51. The minimum absolute atomic E-state index is 0.0330. The molecular weight excluding hydrogens is 290 g/mol. The minimum atomic E-state index is -1.42. The normalized spacial score (nSPS) is 12.5. The highest BCUT2D eigenvalue weighted by Gasteiger charge is 2.38. The number of nitro groups is 1. The van der Waals surface area contributed by atoms with Crippen LogP contribution in [0.15, 0.2) is 36.4 Å². The van der Waals surface area contributed by atoms with Gasteiger partial charge in [0.2, 0.25) is 5.78 Å². The second kappa shape index (κ2) is 4.59. The number of carbonyl (C=O) groups excluding carboxylic acids is 2. The lowest BCUT2D eigenvalue weighted by atomic mass is 9.81. The van der Waals surface area contributed by atoms with Crippen molar-refractivity contribution in [2.75, 3.05) is 0 Å². The van der Waals surface area contributed by atoms with E-state index in [1.807, 2.05) is 0 Å². The quantitative estimate of drug-likeness (QED) is 0.572. The number of nitro benzene ring substituents is 1. The zero-order valence-electron chi connectivity index (χ0n) is 10.9. The molecule has 2 aromatic rings. The Hall–Kier alpha value is -3.35. The van der Waals surface area contributed by atoms with E-state index < -0.39 is 44.8 Å². The molecular formula is C15H7NO6. The number of carbonyl (C=O) groups is 3. The molecule has 0 unspecified atom stereocenters. The van der Waals surface area contributed by atoms with Crippen molar-refractivity contribution < 1.29 is 24.4 Å². The highest BCUT2D eigenvalue weighted by molar-refractivity contribution is 6.31. The summed E-state index contributed by atoms with van der Waals surface area (Å²) in [6.45, 7) is 0. The lowest BCUT2D eigenvalue weighted by Gasteiger charge is -2.18. The molecule has 0 saturated heterocycles. The van der Waals surface area contributed by atoms with Crippen molar-refractivity contribution in [3.05, 3.63) is 74.3 Å². The molecule has 1 aliphatic carbocycles. The van der Waals surface area contributed by atoms with E-state index >= 15 is 0 Å². The maximum Gasteiger partial charge on any atom is 0.336 e. The predicted molar refractivity (Wildman–Crippen MR) is 73.4 cm³/mol. The highest BCUT2D eigenvalue weighted by Crippen LogP contribution is 2.35. The van der Waals surface area contributed by atoms with Gasteiger partial charge in [0.25, 0.3) is 5.69 Å². The van der Waals surface area contributed by atoms with Crippen molar-refractivity contribution >= 4 is 23.2 Å². The maximum atomic E-state index is 12.5. The molecule has 0 fully saturated rings. The van der Waals surface area contributed by atoms with E-state index in [-0.39, 0.29) is 11.1 Å². The van der Waals surface area contributed by atoms with Crippen molar-refractivity contribution in [2.45, 2.75) is 0 Å². The monoisotopic (exact) mass is 297 g/mol. The van der Waals surface area contributed by atoms with Crippen LogP contribution in [0.3, 0.4) is 0 Å². The third kappa shape index (κ3) is 1.72. The molecule has 7 heteroatoms. The summed E-state index contributed by atoms with van der Waals surface area (Å²) in [5.41, 5.74) is -1.81.